The molecule has 0 spiro atoms. The third-order valence-electron chi connectivity index (χ3n) is 7.22. The molecule has 202 valence electrons. The van der Waals surface area contributed by atoms with Crippen LogP contribution in [0.3, 0.4) is 0 Å². The minimum absolute atomic E-state index is 0.101. The van der Waals surface area contributed by atoms with Crippen molar-refractivity contribution in [2.24, 2.45) is 5.92 Å². The van der Waals surface area contributed by atoms with E-state index in [0.29, 0.717) is 5.75 Å². The maximum atomic E-state index is 14.1. The largest absolute Gasteiger partial charge is 0.483 e. The molecule has 38 heavy (non-hydrogen) atoms. The third-order valence-corrected chi connectivity index (χ3v) is 7.22. The van der Waals surface area contributed by atoms with E-state index in [4.69, 9.17) is 4.74 Å². The van der Waals surface area contributed by atoms with E-state index in [1.165, 1.54) is 0 Å². The Kier molecular flexibility index (Phi) is 8.84. The highest BCUT2D eigenvalue weighted by Crippen LogP contribution is 2.32. The molecule has 1 saturated heterocycles. The van der Waals surface area contributed by atoms with E-state index in [1.807, 2.05) is 80.4 Å². The van der Waals surface area contributed by atoms with Crippen molar-refractivity contribution in [1.29, 1.82) is 0 Å². The van der Waals surface area contributed by atoms with Gasteiger partial charge in [0.1, 0.15) is 11.8 Å². The number of carbonyl (C=O) groups excluding carboxylic acids is 3. The SMILES string of the molecule is CCCC[C@@H]1C(=O)N([C@H]2C(=O)N[C@H](C(C)C)C(=O)NC=Cc3ccc(cc3)O[C@@H]2c2ccccc2)CN1C. The Bertz CT molecular complexity index is 1150. The normalized spacial score (nSPS) is 24.8. The van der Waals surface area contributed by atoms with Gasteiger partial charge in [-0.05, 0) is 48.7 Å². The van der Waals surface area contributed by atoms with E-state index in [0.717, 1.165) is 30.4 Å². The summed E-state index contributed by atoms with van der Waals surface area (Å²) in [6, 6.07) is 14.8. The van der Waals surface area contributed by atoms with Gasteiger partial charge in [-0.3, -0.25) is 19.3 Å². The van der Waals surface area contributed by atoms with Crippen LogP contribution >= 0.6 is 0 Å². The fourth-order valence-corrected chi connectivity index (χ4v) is 5.04. The van der Waals surface area contributed by atoms with Gasteiger partial charge in [0.2, 0.25) is 17.7 Å². The maximum absolute atomic E-state index is 14.1. The molecule has 0 unspecified atom stereocenters. The number of hydrogen-bond donors (Lipinski definition) is 2. The molecule has 2 bridgehead atoms. The number of nitrogens with zero attached hydrogens (tertiary/aromatic N) is 2. The summed E-state index contributed by atoms with van der Waals surface area (Å²) in [5, 5.41) is 5.75. The molecule has 3 heterocycles. The molecule has 2 aromatic carbocycles. The van der Waals surface area contributed by atoms with Crippen LogP contribution in [0.4, 0.5) is 0 Å². The first-order chi connectivity index (χ1) is 18.3. The zero-order chi connectivity index (χ0) is 27.2. The molecule has 3 aliphatic heterocycles. The van der Waals surface area contributed by atoms with E-state index in [9.17, 15) is 14.4 Å². The summed E-state index contributed by atoms with van der Waals surface area (Å²) in [6.45, 7) is 6.15. The van der Waals surface area contributed by atoms with Crippen molar-refractivity contribution < 1.29 is 19.1 Å². The maximum Gasteiger partial charge on any atom is 0.247 e. The average molecular weight is 519 g/mol. The van der Waals surface area contributed by atoms with Crippen LogP contribution in [-0.4, -0.2) is 59.4 Å². The molecule has 0 aliphatic carbocycles. The van der Waals surface area contributed by atoms with E-state index in [-0.39, 0.29) is 30.4 Å². The number of amides is 3. The predicted octanol–water partition coefficient (Wildman–Crippen LogP) is 3.71. The van der Waals surface area contributed by atoms with Crippen LogP contribution in [0.1, 0.15) is 57.3 Å². The highest BCUT2D eigenvalue weighted by molar-refractivity contribution is 5.94. The van der Waals surface area contributed by atoms with Crippen LogP contribution in [0.5, 0.6) is 5.75 Å². The summed E-state index contributed by atoms with van der Waals surface area (Å²) < 4.78 is 6.52. The second-order valence-corrected chi connectivity index (χ2v) is 10.4. The lowest BCUT2D eigenvalue weighted by molar-refractivity contribution is -0.143. The topological polar surface area (TPSA) is 91.0 Å². The van der Waals surface area contributed by atoms with Crippen LogP contribution in [0, 0.1) is 5.92 Å². The second kappa shape index (κ2) is 12.3. The van der Waals surface area contributed by atoms with Crippen LogP contribution in [0.2, 0.25) is 0 Å². The lowest BCUT2D eigenvalue weighted by Gasteiger charge is -2.35. The van der Waals surface area contributed by atoms with Crippen molar-refractivity contribution in [3.8, 4) is 5.75 Å². The van der Waals surface area contributed by atoms with E-state index in [1.54, 1.807) is 17.2 Å². The lowest BCUT2D eigenvalue weighted by Crippen LogP contribution is -2.58. The minimum Gasteiger partial charge on any atom is -0.483 e. The van der Waals surface area contributed by atoms with Gasteiger partial charge in [0.25, 0.3) is 0 Å². The van der Waals surface area contributed by atoms with Gasteiger partial charge in [-0.2, -0.15) is 0 Å². The monoisotopic (exact) mass is 518 g/mol. The fourth-order valence-electron chi connectivity index (χ4n) is 5.04. The van der Waals surface area contributed by atoms with Gasteiger partial charge in [0.15, 0.2) is 12.1 Å². The number of nitrogens with one attached hydrogen (secondary N) is 2. The summed E-state index contributed by atoms with van der Waals surface area (Å²) in [7, 11) is 1.91. The zero-order valence-corrected chi connectivity index (χ0v) is 22.6. The van der Waals surface area contributed by atoms with Crippen LogP contribution in [0.15, 0.2) is 60.8 Å². The molecule has 8 nitrogen and oxygen atoms in total. The predicted molar refractivity (Wildman–Crippen MR) is 147 cm³/mol. The number of hydrogen-bond acceptors (Lipinski definition) is 5. The Labute approximate surface area is 225 Å². The van der Waals surface area contributed by atoms with E-state index < -0.39 is 24.1 Å². The summed E-state index contributed by atoms with van der Waals surface area (Å²) in [6.07, 6.45) is 5.19. The van der Waals surface area contributed by atoms with Crippen LogP contribution in [0.25, 0.3) is 6.08 Å². The molecule has 0 radical (unpaired) electrons. The van der Waals surface area contributed by atoms with Crippen molar-refractivity contribution in [2.75, 3.05) is 13.7 Å². The van der Waals surface area contributed by atoms with E-state index >= 15 is 0 Å². The number of rotatable bonds is 6. The number of carbonyl (C=O) groups is 3. The van der Waals surface area contributed by atoms with Gasteiger partial charge in [0, 0.05) is 6.20 Å². The summed E-state index contributed by atoms with van der Waals surface area (Å²) in [5.74, 6) is -0.443. The standard InChI is InChI=1S/C30H38N4O4/c1-5-6-12-24-30(37)34(19-33(24)4)26-27(22-10-8-7-9-11-22)38-23-15-13-21(14-16-23)17-18-31-28(35)25(20(2)3)32-29(26)36/h7-11,13-18,20,24-27H,5-6,12,19H2,1-4H3,(H,31,35)(H,32,36)/t24-,25-,26-,27-/m1/s1. The van der Waals surface area contributed by atoms with Crippen molar-refractivity contribution in [3.05, 3.63) is 71.9 Å². The molecule has 2 N–H and O–H groups in total. The Hall–Kier alpha value is -3.65. The van der Waals surface area contributed by atoms with Crippen molar-refractivity contribution in [3.63, 3.8) is 0 Å². The molecule has 1 fully saturated rings. The Morgan fingerprint density at radius 1 is 1.00 bits per heavy atom. The van der Waals surface area contributed by atoms with Crippen molar-refractivity contribution >= 4 is 23.8 Å². The first-order valence-electron chi connectivity index (χ1n) is 13.4. The zero-order valence-electron chi connectivity index (χ0n) is 22.6. The van der Waals surface area contributed by atoms with Crippen molar-refractivity contribution in [1.82, 2.24) is 20.4 Å². The van der Waals surface area contributed by atoms with Gasteiger partial charge in [0.05, 0.1) is 12.7 Å². The molecule has 2 aromatic rings. The van der Waals surface area contributed by atoms with Gasteiger partial charge in [-0.15, -0.1) is 0 Å². The Morgan fingerprint density at radius 3 is 2.37 bits per heavy atom. The average Bonchev–Trinajstić information content (AvgIpc) is 3.18. The Balaban J connectivity index is 1.82. The van der Waals surface area contributed by atoms with E-state index in [2.05, 4.69) is 17.6 Å². The molecule has 0 saturated carbocycles. The minimum atomic E-state index is -0.994. The summed E-state index contributed by atoms with van der Waals surface area (Å²) in [5.41, 5.74) is 1.66. The Morgan fingerprint density at radius 2 is 1.71 bits per heavy atom. The molecule has 3 aliphatic rings. The first kappa shape index (κ1) is 27.4. The number of ether oxygens (including phenoxy) is 1. The van der Waals surface area contributed by atoms with Crippen LogP contribution < -0.4 is 15.4 Å². The van der Waals surface area contributed by atoms with Gasteiger partial charge in [-0.1, -0.05) is 76.1 Å². The second-order valence-electron chi connectivity index (χ2n) is 10.4. The fraction of sp³-hybridized carbons (Fsp3) is 0.433. The molecular formula is C30H38N4O4. The van der Waals surface area contributed by atoms with Gasteiger partial charge >= 0.3 is 0 Å². The number of benzene rings is 2. The first-order valence-corrected chi connectivity index (χ1v) is 13.4. The van der Waals surface area contributed by atoms with Gasteiger partial charge in [-0.25, -0.2) is 0 Å². The third kappa shape index (κ3) is 6.07. The molecule has 0 aromatic heterocycles. The number of unbranched alkanes of at least 4 members (excludes halogenated alkanes) is 1. The molecule has 8 heteroatoms. The number of fused-ring (bicyclic) bond motifs is 10. The quantitative estimate of drug-likeness (QED) is 0.609. The molecule has 5 rings (SSSR count). The summed E-state index contributed by atoms with van der Waals surface area (Å²) in [4.78, 5) is 44.6. The molecular weight excluding hydrogens is 480 g/mol. The smallest absolute Gasteiger partial charge is 0.247 e. The summed E-state index contributed by atoms with van der Waals surface area (Å²) >= 11 is 0. The van der Waals surface area contributed by atoms with Crippen molar-refractivity contribution in [2.45, 2.75) is 64.3 Å². The number of likely N-dealkylation sites (N-methyl/N-ethyl adjacent to an activating group) is 1. The molecule has 3 amide bonds. The lowest BCUT2D eigenvalue weighted by atomic mass is 9.97. The van der Waals surface area contributed by atoms with Crippen LogP contribution in [-0.2, 0) is 14.4 Å². The highest BCUT2D eigenvalue weighted by Gasteiger charge is 2.47. The molecule has 4 atom stereocenters. The highest BCUT2D eigenvalue weighted by atomic mass is 16.5. The van der Waals surface area contributed by atoms with Gasteiger partial charge < -0.3 is 20.3 Å².